The van der Waals surface area contributed by atoms with Gasteiger partial charge in [0.2, 0.25) is 0 Å². The van der Waals surface area contributed by atoms with Crippen LogP contribution in [0.1, 0.15) is 32.2 Å². The van der Waals surface area contributed by atoms with E-state index >= 15 is 0 Å². The molecule has 0 saturated heterocycles. The molecule has 0 radical (unpaired) electrons. The topological polar surface area (TPSA) is 53.4 Å². The number of nitrogens with zero attached hydrogens (tertiary/aromatic N) is 1. The van der Waals surface area contributed by atoms with Gasteiger partial charge in [-0.15, -0.1) is 0 Å². The van der Waals surface area contributed by atoms with Crippen molar-refractivity contribution in [1.29, 1.82) is 0 Å². The van der Waals surface area contributed by atoms with E-state index in [2.05, 4.69) is 4.98 Å². The summed E-state index contributed by atoms with van der Waals surface area (Å²) in [5, 5.41) is 17.9. The fourth-order valence-electron chi connectivity index (χ4n) is 1.18. The summed E-state index contributed by atoms with van der Waals surface area (Å²) in [7, 11) is 0. The van der Waals surface area contributed by atoms with Crippen LogP contribution in [-0.4, -0.2) is 27.9 Å². The first-order valence-electron chi connectivity index (χ1n) is 5.64. The van der Waals surface area contributed by atoms with Crippen molar-refractivity contribution in [3.8, 4) is 0 Å². The van der Waals surface area contributed by atoms with E-state index in [0.717, 1.165) is 11.4 Å². The standard InChI is InChI=1S/C11H15NO2.C2H6/c1-2-4-9-5-3-6-10(12-9)7-11(14)8-13;1-2/h2-6,11,13-14H,7-8H2,1H3;1-2H3/b4-2+;. The predicted octanol–water partition coefficient (Wildman–Crippen LogP) is 2.04. The van der Waals surface area contributed by atoms with Gasteiger partial charge in [-0.3, -0.25) is 4.98 Å². The SMILES string of the molecule is C/C=C/c1cccc(CC(O)CO)n1.CC. The normalized spacial score (nSPS) is 12.1. The van der Waals surface area contributed by atoms with Gasteiger partial charge in [-0.05, 0) is 25.1 Å². The van der Waals surface area contributed by atoms with E-state index in [1.165, 1.54) is 0 Å². The van der Waals surface area contributed by atoms with Crippen molar-refractivity contribution in [3.05, 3.63) is 35.7 Å². The van der Waals surface area contributed by atoms with Crippen molar-refractivity contribution in [1.82, 2.24) is 4.98 Å². The Bertz CT molecular complexity index is 311. The molecule has 0 saturated carbocycles. The first kappa shape index (κ1) is 14.8. The van der Waals surface area contributed by atoms with Crippen LogP contribution in [0.15, 0.2) is 24.3 Å². The van der Waals surface area contributed by atoms with Crippen LogP contribution in [0.2, 0.25) is 0 Å². The van der Waals surface area contributed by atoms with Crippen molar-refractivity contribution in [2.75, 3.05) is 6.61 Å². The maximum Gasteiger partial charge on any atom is 0.0826 e. The van der Waals surface area contributed by atoms with Gasteiger partial charge in [0, 0.05) is 12.1 Å². The van der Waals surface area contributed by atoms with E-state index in [4.69, 9.17) is 5.11 Å². The summed E-state index contributed by atoms with van der Waals surface area (Å²) in [6.07, 6.45) is 3.48. The summed E-state index contributed by atoms with van der Waals surface area (Å²) in [6, 6.07) is 5.63. The highest BCUT2D eigenvalue weighted by atomic mass is 16.3. The van der Waals surface area contributed by atoms with Crippen LogP contribution < -0.4 is 0 Å². The average molecular weight is 223 g/mol. The van der Waals surface area contributed by atoms with Crippen molar-refractivity contribution in [2.45, 2.75) is 33.3 Å². The van der Waals surface area contributed by atoms with Crippen molar-refractivity contribution >= 4 is 6.08 Å². The second-order valence-corrected chi connectivity index (χ2v) is 3.09. The van der Waals surface area contributed by atoms with Gasteiger partial charge >= 0.3 is 0 Å². The van der Waals surface area contributed by atoms with E-state index in [0.29, 0.717) is 6.42 Å². The maximum atomic E-state index is 9.22. The smallest absolute Gasteiger partial charge is 0.0826 e. The third-order valence-electron chi connectivity index (χ3n) is 1.82. The summed E-state index contributed by atoms with van der Waals surface area (Å²) < 4.78 is 0. The van der Waals surface area contributed by atoms with Gasteiger partial charge in [0.25, 0.3) is 0 Å². The zero-order valence-electron chi connectivity index (χ0n) is 10.2. The molecule has 0 aliphatic carbocycles. The molecule has 0 aliphatic heterocycles. The number of aromatic nitrogens is 1. The predicted molar refractivity (Wildman–Crippen MR) is 67.1 cm³/mol. The molecule has 0 amide bonds. The van der Waals surface area contributed by atoms with E-state index in [-0.39, 0.29) is 6.61 Å². The summed E-state index contributed by atoms with van der Waals surface area (Å²) in [6.45, 7) is 5.70. The molecule has 3 heteroatoms. The van der Waals surface area contributed by atoms with Gasteiger partial charge in [0.1, 0.15) is 0 Å². The molecule has 1 rings (SSSR count). The molecule has 1 atom stereocenters. The number of pyridine rings is 1. The summed E-state index contributed by atoms with van der Waals surface area (Å²) in [5.41, 5.74) is 1.66. The molecule has 16 heavy (non-hydrogen) atoms. The second-order valence-electron chi connectivity index (χ2n) is 3.09. The van der Waals surface area contributed by atoms with Gasteiger partial charge in [0.15, 0.2) is 0 Å². The summed E-state index contributed by atoms with van der Waals surface area (Å²) in [5.74, 6) is 0. The zero-order chi connectivity index (χ0) is 12.4. The molecular weight excluding hydrogens is 202 g/mol. The van der Waals surface area contributed by atoms with Crippen LogP contribution in [0, 0.1) is 0 Å². The highest BCUT2D eigenvalue weighted by Crippen LogP contribution is 2.04. The van der Waals surface area contributed by atoms with Crippen LogP contribution in [0.25, 0.3) is 6.08 Å². The number of rotatable bonds is 4. The van der Waals surface area contributed by atoms with E-state index in [9.17, 15) is 5.11 Å². The Morgan fingerprint density at radius 3 is 2.62 bits per heavy atom. The lowest BCUT2D eigenvalue weighted by Crippen LogP contribution is -2.15. The third kappa shape index (κ3) is 5.63. The lowest BCUT2D eigenvalue weighted by Gasteiger charge is -2.06. The quantitative estimate of drug-likeness (QED) is 0.821. The van der Waals surface area contributed by atoms with Crippen LogP contribution in [-0.2, 0) is 6.42 Å². The van der Waals surface area contributed by atoms with Crippen molar-refractivity contribution in [2.24, 2.45) is 0 Å². The molecule has 2 N–H and O–H groups in total. The monoisotopic (exact) mass is 223 g/mol. The highest BCUT2D eigenvalue weighted by molar-refractivity contribution is 5.43. The largest absolute Gasteiger partial charge is 0.394 e. The minimum atomic E-state index is -0.719. The maximum absolute atomic E-state index is 9.22. The number of hydrogen-bond acceptors (Lipinski definition) is 3. The second kappa shape index (κ2) is 9.07. The molecule has 1 heterocycles. The van der Waals surface area contributed by atoms with E-state index in [1.54, 1.807) is 0 Å². The van der Waals surface area contributed by atoms with Gasteiger partial charge in [-0.2, -0.15) is 0 Å². The lowest BCUT2D eigenvalue weighted by atomic mass is 10.2. The Kier molecular flexibility index (Phi) is 8.39. The molecule has 0 aromatic carbocycles. The minimum Gasteiger partial charge on any atom is -0.394 e. The fraction of sp³-hybridized carbons (Fsp3) is 0.462. The van der Waals surface area contributed by atoms with Crippen molar-refractivity contribution in [3.63, 3.8) is 0 Å². The number of aliphatic hydroxyl groups excluding tert-OH is 2. The zero-order valence-corrected chi connectivity index (χ0v) is 10.2. The first-order valence-corrected chi connectivity index (χ1v) is 5.64. The molecule has 0 aliphatic rings. The van der Waals surface area contributed by atoms with Gasteiger partial charge in [-0.1, -0.05) is 26.0 Å². The summed E-state index contributed by atoms with van der Waals surface area (Å²) >= 11 is 0. The van der Waals surface area contributed by atoms with Crippen LogP contribution in [0.4, 0.5) is 0 Å². The first-order chi connectivity index (χ1) is 7.76. The van der Waals surface area contributed by atoms with Crippen LogP contribution in [0.5, 0.6) is 0 Å². The molecule has 1 unspecified atom stereocenters. The fourth-order valence-corrected chi connectivity index (χ4v) is 1.18. The molecule has 0 fully saturated rings. The molecule has 1 aromatic rings. The lowest BCUT2D eigenvalue weighted by molar-refractivity contribution is 0.0947. The van der Waals surface area contributed by atoms with Gasteiger partial charge in [-0.25, -0.2) is 0 Å². The molecule has 90 valence electrons. The third-order valence-corrected chi connectivity index (χ3v) is 1.82. The molecule has 1 aromatic heterocycles. The Labute approximate surface area is 97.5 Å². The van der Waals surface area contributed by atoms with Crippen molar-refractivity contribution < 1.29 is 10.2 Å². The Hall–Kier alpha value is -1.19. The van der Waals surface area contributed by atoms with E-state index in [1.807, 2.05) is 51.1 Å². The number of aliphatic hydroxyl groups is 2. The van der Waals surface area contributed by atoms with Crippen LogP contribution >= 0.6 is 0 Å². The van der Waals surface area contributed by atoms with Gasteiger partial charge in [0.05, 0.1) is 18.4 Å². The molecule has 0 bridgehead atoms. The minimum absolute atomic E-state index is 0.227. The number of allylic oxidation sites excluding steroid dienone is 1. The molecule has 3 nitrogen and oxygen atoms in total. The Morgan fingerprint density at radius 2 is 2.06 bits per heavy atom. The highest BCUT2D eigenvalue weighted by Gasteiger charge is 2.04. The Balaban J connectivity index is 0.00000106. The van der Waals surface area contributed by atoms with Crippen LogP contribution in [0.3, 0.4) is 0 Å². The van der Waals surface area contributed by atoms with Gasteiger partial charge < -0.3 is 10.2 Å². The number of hydrogen-bond donors (Lipinski definition) is 2. The average Bonchev–Trinajstić information content (AvgIpc) is 2.32. The Morgan fingerprint density at radius 1 is 1.38 bits per heavy atom. The molecular formula is C13H21NO2. The van der Waals surface area contributed by atoms with E-state index < -0.39 is 6.10 Å². The molecule has 0 spiro atoms. The summed E-state index contributed by atoms with van der Waals surface area (Å²) in [4.78, 5) is 4.29.